The first-order valence-electron chi connectivity index (χ1n) is 5.90. The van der Waals surface area contributed by atoms with Crippen molar-refractivity contribution < 1.29 is 9.53 Å². The largest absolute Gasteiger partial charge is 0.490 e. The van der Waals surface area contributed by atoms with E-state index in [9.17, 15) is 4.79 Å². The summed E-state index contributed by atoms with van der Waals surface area (Å²) >= 11 is 0. The summed E-state index contributed by atoms with van der Waals surface area (Å²) in [6.45, 7) is 0. The highest BCUT2D eigenvalue weighted by molar-refractivity contribution is 6.07. The van der Waals surface area contributed by atoms with E-state index in [0.29, 0.717) is 17.4 Å². The van der Waals surface area contributed by atoms with Crippen molar-refractivity contribution in [3.63, 3.8) is 0 Å². The standard InChI is InChI=1S/C13H13N3O2/c1-16-8-12(14-15-16)13(17)9-3-2-4-11(7-9)18-10-5-6-10/h2-4,7-8,10H,5-6H2,1H3. The zero-order valence-corrected chi connectivity index (χ0v) is 10.0. The average molecular weight is 243 g/mol. The van der Waals surface area contributed by atoms with Gasteiger partial charge in [-0.2, -0.15) is 0 Å². The first-order chi connectivity index (χ1) is 8.72. The van der Waals surface area contributed by atoms with Gasteiger partial charge in [-0.25, -0.2) is 0 Å². The Morgan fingerprint density at radius 1 is 1.44 bits per heavy atom. The lowest BCUT2D eigenvalue weighted by Crippen LogP contribution is -2.03. The van der Waals surface area contributed by atoms with Gasteiger partial charge in [0.05, 0.1) is 12.3 Å². The smallest absolute Gasteiger partial charge is 0.215 e. The Morgan fingerprint density at radius 2 is 2.28 bits per heavy atom. The molecule has 1 aliphatic carbocycles. The molecule has 1 aliphatic rings. The predicted octanol–water partition coefficient (Wildman–Crippen LogP) is 1.59. The molecule has 92 valence electrons. The minimum absolute atomic E-state index is 0.135. The second-order valence-electron chi connectivity index (χ2n) is 4.45. The van der Waals surface area contributed by atoms with Crippen LogP contribution in [0.5, 0.6) is 5.75 Å². The number of carbonyl (C=O) groups excluding carboxylic acids is 1. The number of nitrogens with zero attached hydrogens (tertiary/aromatic N) is 3. The van der Waals surface area contributed by atoms with Crippen LogP contribution in [-0.2, 0) is 7.05 Å². The van der Waals surface area contributed by atoms with Crippen molar-refractivity contribution in [2.45, 2.75) is 18.9 Å². The number of aromatic nitrogens is 3. The van der Waals surface area contributed by atoms with E-state index in [1.807, 2.05) is 12.1 Å². The number of benzene rings is 1. The summed E-state index contributed by atoms with van der Waals surface area (Å²) < 4.78 is 7.18. The third kappa shape index (κ3) is 2.25. The minimum Gasteiger partial charge on any atom is -0.490 e. The molecule has 0 spiro atoms. The average Bonchev–Trinajstić information content (AvgIpc) is 3.08. The maximum atomic E-state index is 12.1. The molecule has 0 N–H and O–H groups in total. The van der Waals surface area contributed by atoms with Crippen LogP contribution in [0.1, 0.15) is 28.9 Å². The number of hydrogen-bond acceptors (Lipinski definition) is 4. The van der Waals surface area contributed by atoms with Gasteiger partial charge in [-0.15, -0.1) is 5.10 Å². The second kappa shape index (κ2) is 4.25. The molecule has 0 radical (unpaired) electrons. The zero-order valence-electron chi connectivity index (χ0n) is 10.0. The van der Waals surface area contributed by atoms with E-state index in [4.69, 9.17) is 4.74 Å². The summed E-state index contributed by atoms with van der Waals surface area (Å²) in [7, 11) is 1.73. The SMILES string of the molecule is Cn1cc(C(=O)c2cccc(OC3CC3)c2)nn1. The van der Waals surface area contributed by atoms with Crippen LogP contribution in [0.2, 0.25) is 0 Å². The Kier molecular flexibility index (Phi) is 2.59. The molecule has 2 aromatic rings. The topological polar surface area (TPSA) is 57.0 Å². The van der Waals surface area contributed by atoms with Crippen molar-refractivity contribution in [3.8, 4) is 5.75 Å². The van der Waals surface area contributed by atoms with Crippen LogP contribution in [0, 0.1) is 0 Å². The number of ketones is 1. The fourth-order valence-corrected chi connectivity index (χ4v) is 1.69. The van der Waals surface area contributed by atoms with Gasteiger partial charge in [-0.1, -0.05) is 17.3 Å². The molecule has 0 bridgehead atoms. The summed E-state index contributed by atoms with van der Waals surface area (Å²) in [4.78, 5) is 12.1. The highest BCUT2D eigenvalue weighted by atomic mass is 16.5. The van der Waals surface area contributed by atoms with Crippen LogP contribution in [0.15, 0.2) is 30.5 Å². The van der Waals surface area contributed by atoms with Gasteiger partial charge >= 0.3 is 0 Å². The number of aryl methyl sites for hydroxylation is 1. The first-order valence-corrected chi connectivity index (χ1v) is 5.90. The molecular formula is C13H13N3O2. The summed E-state index contributed by atoms with van der Waals surface area (Å²) in [5.41, 5.74) is 0.926. The van der Waals surface area contributed by atoms with Crippen molar-refractivity contribution in [1.82, 2.24) is 15.0 Å². The monoisotopic (exact) mass is 243 g/mol. The van der Waals surface area contributed by atoms with Gasteiger partial charge in [-0.3, -0.25) is 9.48 Å². The molecule has 0 atom stereocenters. The van der Waals surface area contributed by atoms with Crippen LogP contribution in [0.4, 0.5) is 0 Å². The van der Waals surface area contributed by atoms with E-state index in [-0.39, 0.29) is 5.78 Å². The highest BCUT2D eigenvalue weighted by Crippen LogP contribution is 2.27. The molecule has 0 aliphatic heterocycles. The maximum Gasteiger partial charge on any atom is 0.215 e. The van der Waals surface area contributed by atoms with E-state index in [2.05, 4.69) is 10.3 Å². The number of rotatable bonds is 4. The summed E-state index contributed by atoms with van der Waals surface area (Å²) in [5, 5.41) is 7.58. The lowest BCUT2D eigenvalue weighted by molar-refractivity contribution is 0.103. The summed E-state index contributed by atoms with van der Waals surface area (Å²) in [6.07, 6.45) is 4.13. The van der Waals surface area contributed by atoms with Crippen LogP contribution in [0.25, 0.3) is 0 Å². The van der Waals surface area contributed by atoms with Gasteiger partial charge in [-0.05, 0) is 25.0 Å². The van der Waals surface area contributed by atoms with Crippen molar-refractivity contribution in [3.05, 3.63) is 41.7 Å². The second-order valence-corrected chi connectivity index (χ2v) is 4.45. The lowest BCUT2D eigenvalue weighted by atomic mass is 10.1. The van der Waals surface area contributed by atoms with E-state index >= 15 is 0 Å². The van der Waals surface area contributed by atoms with Crippen molar-refractivity contribution in [2.24, 2.45) is 7.05 Å². The van der Waals surface area contributed by atoms with E-state index in [1.54, 1.807) is 25.4 Å². The molecule has 0 amide bonds. The summed E-state index contributed by atoms with van der Waals surface area (Å²) in [5.74, 6) is 0.608. The van der Waals surface area contributed by atoms with Crippen molar-refractivity contribution in [1.29, 1.82) is 0 Å². The molecule has 3 rings (SSSR count). The van der Waals surface area contributed by atoms with Gasteiger partial charge in [0, 0.05) is 12.6 Å². The Labute approximate surface area is 104 Å². The molecule has 18 heavy (non-hydrogen) atoms. The van der Waals surface area contributed by atoms with Gasteiger partial charge in [0.2, 0.25) is 5.78 Å². The molecule has 5 nitrogen and oxygen atoms in total. The molecule has 0 unspecified atom stereocenters. The Morgan fingerprint density at radius 3 is 2.94 bits per heavy atom. The van der Waals surface area contributed by atoms with Crippen LogP contribution < -0.4 is 4.74 Å². The van der Waals surface area contributed by atoms with E-state index in [1.165, 1.54) is 4.68 Å². The van der Waals surface area contributed by atoms with Gasteiger partial charge in [0.15, 0.2) is 5.69 Å². The van der Waals surface area contributed by atoms with Crippen LogP contribution in [0.3, 0.4) is 0 Å². The fourth-order valence-electron chi connectivity index (χ4n) is 1.69. The quantitative estimate of drug-likeness (QED) is 0.765. The first kappa shape index (κ1) is 11.0. The van der Waals surface area contributed by atoms with E-state index in [0.717, 1.165) is 18.6 Å². The molecule has 1 heterocycles. The molecule has 0 saturated heterocycles. The maximum absolute atomic E-state index is 12.1. The van der Waals surface area contributed by atoms with Crippen molar-refractivity contribution >= 4 is 5.78 Å². The number of carbonyl (C=O) groups is 1. The lowest BCUT2D eigenvalue weighted by Gasteiger charge is -2.05. The van der Waals surface area contributed by atoms with Crippen LogP contribution >= 0.6 is 0 Å². The van der Waals surface area contributed by atoms with Crippen LogP contribution in [-0.4, -0.2) is 26.9 Å². The highest BCUT2D eigenvalue weighted by Gasteiger charge is 2.23. The molecule has 1 saturated carbocycles. The fraction of sp³-hybridized carbons (Fsp3) is 0.308. The Balaban J connectivity index is 1.84. The normalized spacial score (nSPS) is 14.5. The van der Waals surface area contributed by atoms with E-state index < -0.39 is 0 Å². The molecular weight excluding hydrogens is 230 g/mol. The molecule has 1 aromatic heterocycles. The Bertz CT molecular complexity index is 587. The zero-order chi connectivity index (χ0) is 12.5. The predicted molar refractivity (Wildman–Crippen MR) is 64.5 cm³/mol. The molecule has 1 fully saturated rings. The van der Waals surface area contributed by atoms with Gasteiger partial charge < -0.3 is 4.74 Å². The molecule has 5 heteroatoms. The summed E-state index contributed by atoms with van der Waals surface area (Å²) in [6, 6.07) is 7.21. The third-order valence-electron chi connectivity index (χ3n) is 2.76. The minimum atomic E-state index is -0.135. The van der Waals surface area contributed by atoms with Gasteiger partial charge in [0.1, 0.15) is 5.75 Å². The number of ether oxygens (including phenoxy) is 1. The van der Waals surface area contributed by atoms with Gasteiger partial charge in [0.25, 0.3) is 0 Å². The Hall–Kier alpha value is -2.17. The molecule has 1 aromatic carbocycles. The third-order valence-corrected chi connectivity index (χ3v) is 2.76. The van der Waals surface area contributed by atoms with Crippen molar-refractivity contribution in [2.75, 3.05) is 0 Å². The number of hydrogen-bond donors (Lipinski definition) is 0.